The van der Waals surface area contributed by atoms with E-state index < -0.39 is 0 Å². The highest BCUT2D eigenvalue weighted by molar-refractivity contribution is 7.12. The van der Waals surface area contributed by atoms with E-state index in [9.17, 15) is 4.79 Å². The molecule has 4 nitrogen and oxygen atoms in total. The van der Waals surface area contributed by atoms with Crippen LogP contribution in [0.1, 0.15) is 16.1 Å². The molecule has 6 heteroatoms. The number of aromatic nitrogens is 2. The Morgan fingerprint density at radius 2 is 1.95 bits per heavy atom. The van der Waals surface area contributed by atoms with E-state index in [1.807, 2.05) is 41.2 Å². The lowest BCUT2D eigenvalue weighted by molar-refractivity contribution is 0.0946. The van der Waals surface area contributed by atoms with Gasteiger partial charge in [-0.15, -0.1) is 11.3 Å². The van der Waals surface area contributed by atoms with Gasteiger partial charge in [-0.05, 0) is 29.8 Å². The minimum absolute atomic E-state index is 0.181. The Morgan fingerprint density at radius 3 is 2.67 bits per heavy atom. The molecule has 3 aromatic rings. The molecule has 2 aromatic heterocycles. The molecule has 0 fully saturated rings. The standard InChI is InChI=1S/C15H12ClN3OS/c16-12-5-3-11(4-6-12)9-17-14(20)13-10-21-15(18-13)19-7-1-2-8-19/h1-8,10H,9H2,(H,17,20). The summed E-state index contributed by atoms with van der Waals surface area (Å²) in [6.45, 7) is 0.451. The van der Waals surface area contributed by atoms with Crippen LogP contribution in [-0.4, -0.2) is 15.5 Å². The van der Waals surface area contributed by atoms with Crippen molar-refractivity contribution < 1.29 is 4.79 Å². The number of rotatable bonds is 4. The molecule has 1 aromatic carbocycles. The smallest absolute Gasteiger partial charge is 0.271 e. The van der Waals surface area contributed by atoms with Crippen molar-refractivity contribution in [2.45, 2.75) is 6.54 Å². The molecule has 0 aliphatic carbocycles. The van der Waals surface area contributed by atoms with Crippen LogP contribution in [0.25, 0.3) is 5.13 Å². The van der Waals surface area contributed by atoms with Crippen LogP contribution >= 0.6 is 22.9 Å². The highest BCUT2D eigenvalue weighted by atomic mass is 35.5. The molecular formula is C15H12ClN3OS. The highest BCUT2D eigenvalue weighted by Gasteiger charge is 2.11. The normalized spacial score (nSPS) is 10.5. The number of nitrogens with one attached hydrogen (secondary N) is 1. The minimum atomic E-state index is -0.181. The molecule has 0 saturated carbocycles. The Labute approximate surface area is 131 Å². The number of carbonyl (C=O) groups is 1. The molecule has 1 N–H and O–H groups in total. The van der Waals surface area contributed by atoms with Crippen LogP contribution in [-0.2, 0) is 6.54 Å². The summed E-state index contributed by atoms with van der Waals surface area (Å²) in [6, 6.07) is 11.2. The first-order chi connectivity index (χ1) is 10.2. The lowest BCUT2D eigenvalue weighted by Crippen LogP contribution is -2.23. The molecule has 3 rings (SSSR count). The van der Waals surface area contributed by atoms with Crippen molar-refractivity contribution >= 4 is 28.8 Å². The Bertz CT molecular complexity index is 735. The number of hydrogen-bond acceptors (Lipinski definition) is 3. The molecule has 0 atom stereocenters. The third-order valence-electron chi connectivity index (χ3n) is 2.92. The summed E-state index contributed by atoms with van der Waals surface area (Å²) in [5, 5.41) is 6.06. The summed E-state index contributed by atoms with van der Waals surface area (Å²) >= 11 is 7.26. The van der Waals surface area contributed by atoms with Crippen LogP contribution < -0.4 is 5.32 Å². The highest BCUT2D eigenvalue weighted by Crippen LogP contribution is 2.15. The maximum absolute atomic E-state index is 12.1. The molecule has 0 spiro atoms. The van der Waals surface area contributed by atoms with E-state index >= 15 is 0 Å². The van der Waals surface area contributed by atoms with Crippen LogP contribution in [0.4, 0.5) is 0 Å². The van der Waals surface area contributed by atoms with Crippen LogP contribution in [0.3, 0.4) is 0 Å². The lowest BCUT2D eigenvalue weighted by Gasteiger charge is -2.03. The maximum atomic E-state index is 12.1. The van der Waals surface area contributed by atoms with Gasteiger partial charge in [0, 0.05) is 29.3 Å². The Kier molecular flexibility index (Phi) is 4.03. The molecule has 0 saturated heterocycles. The van der Waals surface area contributed by atoms with Crippen molar-refractivity contribution in [3.8, 4) is 5.13 Å². The van der Waals surface area contributed by atoms with Crippen molar-refractivity contribution in [1.29, 1.82) is 0 Å². The fourth-order valence-corrected chi connectivity index (χ4v) is 2.72. The van der Waals surface area contributed by atoms with Gasteiger partial charge in [0.2, 0.25) is 0 Å². The molecule has 0 aliphatic rings. The largest absolute Gasteiger partial charge is 0.347 e. The predicted octanol–water partition coefficient (Wildman–Crippen LogP) is 3.52. The SMILES string of the molecule is O=C(NCc1ccc(Cl)cc1)c1csc(-n2cccc2)n1. The number of nitrogens with zero attached hydrogens (tertiary/aromatic N) is 2. The van der Waals surface area contributed by atoms with Gasteiger partial charge in [0.15, 0.2) is 5.13 Å². The second kappa shape index (κ2) is 6.11. The number of thiazole rings is 1. The fourth-order valence-electron chi connectivity index (χ4n) is 1.82. The van der Waals surface area contributed by atoms with E-state index in [0.29, 0.717) is 17.3 Å². The van der Waals surface area contributed by atoms with Crippen molar-refractivity contribution in [3.05, 3.63) is 70.5 Å². The number of carbonyl (C=O) groups excluding carboxylic acids is 1. The van der Waals surface area contributed by atoms with Gasteiger partial charge in [-0.3, -0.25) is 4.79 Å². The van der Waals surface area contributed by atoms with E-state index in [2.05, 4.69) is 10.3 Å². The minimum Gasteiger partial charge on any atom is -0.347 e. The van der Waals surface area contributed by atoms with Crippen LogP contribution in [0.2, 0.25) is 5.02 Å². The van der Waals surface area contributed by atoms with Crippen LogP contribution in [0.15, 0.2) is 54.2 Å². The maximum Gasteiger partial charge on any atom is 0.271 e. The fraction of sp³-hybridized carbons (Fsp3) is 0.0667. The summed E-state index contributed by atoms with van der Waals surface area (Å²) < 4.78 is 1.88. The van der Waals surface area contributed by atoms with Gasteiger partial charge in [0.05, 0.1) is 0 Å². The summed E-state index contributed by atoms with van der Waals surface area (Å²) in [5.41, 5.74) is 1.42. The van der Waals surface area contributed by atoms with Crippen molar-refractivity contribution in [2.75, 3.05) is 0 Å². The summed E-state index contributed by atoms with van der Waals surface area (Å²) in [5.74, 6) is -0.181. The number of hydrogen-bond donors (Lipinski definition) is 1. The van der Waals surface area contributed by atoms with Gasteiger partial charge in [0.25, 0.3) is 5.91 Å². The molecule has 0 aliphatic heterocycles. The molecule has 21 heavy (non-hydrogen) atoms. The molecule has 0 bridgehead atoms. The summed E-state index contributed by atoms with van der Waals surface area (Å²) in [7, 11) is 0. The number of amides is 1. The van der Waals surface area contributed by atoms with E-state index in [4.69, 9.17) is 11.6 Å². The van der Waals surface area contributed by atoms with Crippen molar-refractivity contribution in [1.82, 2.24) is 14.9 Å². The average molecular weight is 318 g/mol. The van der Waals surface area contributed by atoms with Crippen molar-refractivity contribution in [3.63, 3.8) is 0 Å². The van der Waals surface area contributed by atoms with Crippen LogP contribution in [0, 0.1) is 0 Å². The van der Waals surface area contributed by atoms with E-state index in [0.717, 1.165) is 10.7 Å². The first-order valence-electron chi connectivity index (χ1n) is 6.34. The monoisotopic (exact) mass is 317 g/mol. The second-order valence-corrected chi connectivity index (χ2v) is 5.69. The van der Waals surface area contributed by atoms with Crippen molar-refractivity contribution in [2.24, 2.45) is 0 Å². The van der Waals surface area contributed by atoms with Gasteiger partial charge in [-0.1, -0.05) is 23.7 Å². The zero-order chi connectivity index (χ0) is 14.7. The van der Waals surface area contributed by atoms with E-state index in [-0.39, 0.29) is 5.91 Å². The van der Waals surface area contributed by atoms with Gasteiger partial charge in [-0.25, -0.2) is 4.98 Å². The third-order valence-corrected chi connectivity index (χ3v) is 4.02. The first-order valence-corrected chi connectivity index (χ1v) is 7.59. The zero-order valence-electron chi connectivity index (χ0n) is 11.0. The Balaban J connectivity index is 1.64. The molecule has 0 radical (unpaired) electrons. The number of halogens is 1. The van der Waals surface area contributed by atoms with Crippen LogP contribution in [0.5, 0.6) is 0 Å². The van der Waals surface area contributed by atoms with Gasteiger partial charge in [-0.2, -0.15) is 0 Å². The van der Waals surface area contributed by atoms with E-state index in [1.54, 1.807) is 17.5 Å². The molecule has 1 amide bonds. The van der Waals surface area contributed by atoms with Gasteiger partial charge < -0.3 is 9.88 Å². The second-order valence-electron chi connectivity index (χ2n) is 4.41. The topological polar surface area (TPSA) is 46.9 Å². The average Bonchev–Trinajstić information content (AvgIpc) is 3.17. The predicted molar refractivity (Wildman–Crippen MR) is 84.1 cm³/mol. The molecule has 0 unspecified atom stereocenters. The zero-order valence-corrected chi connectivity index (χ0v) is 12.6. The summed E-state index contributed by atoms with van der Waals surface area (Å²) in [4.78, 5) is 16.4. The molecule has 106 valence electrons. The lowest BCUT2D eigenvalue weighted by atomic mass is 10.2. The third kappa shape index (κ3) is 3.32. The Hall–Kier alpha value is -2.11. The number of benzene rings is 1. The first kappa shape index (κ1) is 13.9. The van der Waals surface area contributed by atoms with Gasteiger partial charge >= 0.3 is 0 Å². The Morgan fingerprint density at radius 1 is 1.24 bits per heavy atom. The quantitative estimate of drug-likeness (QED) is 0.800. The molecule has 2 heterocycles. The van der Waals surface area contributed by atoms with Gasteiger partial charge in [0.1, 0.15) is 5.69 Å². The van der Waals surface area contributed by atoms with E-state index in [1.165, 1.54) is 11.3 Å². The summed E-state index contributed by atoms with van der Waals surface area (Å²) in [6.07, 6.45) is 3.79. The molecular weight excluding hydrogens is 306 g/mol.